The number of hydrogen-bond acceptors (Lipinski definition) is 4. The van der Waals surface area contributed by atoms with Crippen molar-refractivity contribution < 1.29 is 15.7 Å². The van der Waals surface area contributed by atoms with E-state index in [0.717, 1.165) is 14.3 Å². The van der Waals surface area contributed by atoms with Crippen molar-refractivity contribution in [1.29, 1.82) is 0 Å². The molecule has 0 aliphatic rings. The van der Waals surface area contributed by atoms with Crippen molar-refractivity contribution in [2.45, 2.75) is 0 Å². The summed E-state index contributed by atoms with van der Waals surface area (Å²) in [6, 6.07) is 39.3. The molecular formula is C28H24O4Sn2. The molecule has 4 aromatic carbocycles. The maximum absolute atomic E-state index is 12.7. The molecule has 168 valence electrons. The van der Waals surface area contributed by atoms with Crippen LogP contribution >= 0.6 is 0 Å². The van der Waals surface area contributed by atoms with Gasteiger partial charge in [0, 0.05) is 0 Å². The van der Waals surface area contributed by atoms with Gasteiger partial charge in [0.1, 0.15) is 0 Å². The molecule has 0 bridgehead atoms. The Morgan fingerprint density at radius 1 is 0.441 bits per heavy atom. The van der Waals surface area contributed by atoms with E-state index >= 15 is 0 Å². The summed E-state index contributed by atoms with van der Waals surface area (Å²) in [4.78, 5) is 25.4. The normalized spacial score (nSPS) is 11.0. The Bertz CT molecular complexity index is 1050. The number of rotatable bonds is 8. The molecule has 0 fully saturated rings. The molecule has 0 saturated carbocycles. The van der Waals surface area contributed by atoms with Crippen LogP contribution in [0.2, 0.25) is 0 Å². The predicted molar refractivity (Wildman–Crippen MR) is 140 cm³/mol. The first-order chi connectivity index (χ1) is 16.7. The van der Waals surface area contributed by atoms with E-state index < -0.39 is 52.3 Å². The van der Waals surface area contributed by atoms with E-state index in [0.29, 0.717) is 0 Å². The second kappa shape index (κ2) is 12.6. The monoisotopic (exact) mass is 664 g/mol. The third-order valence-corrected chi connectivity index (χ3v) is 19.2. The standard InChI is InChI=1S/4C6H5.C4H4O4.2Sn.2H/c4*1-2-4-6-5-3-1;5-3(6)1-2-4(7)8;;;;/h4*1-5H;1-2H,(H,5,6)(H,7,8);;;;/q;;;;;2*+1;;/p-2/b;;;;2-1-;;;;. The Morgan fingerprint density at radius 2 is 0.676 bits per heavy atom. The molecule has 4 aromatic rings. The quantitative estimate of drug-likeness (QED) is 0.213. The van der Waals surface area contributed by atoms with Gasteiger partial charge in [-0.2, -0.15) is 0 Å². The molecule has 4 nitrogen and oxygen atoms in total. The third-order valence-electron chi connectivity index (χ3n) is 5.23. The van der Waals surface area contributed by atoms with Gasteiger partial charge < -0.3 is 0 Å². The van der Waals surface area contributed by atoms with Crippen LogP contribution in [0.25, 0.3) is 0 Å². The minimum atomic E-state index is -3.09. The molecular weight excluding hydrogens is 638 g/mol. The fourth-order valence-electron chi connectivity index (χ4n) is 3.62. The molecule has 6 heteroatoms. The molecule has 0 spiro atoms. The molecule has 0 unspecified atom stereocenters. The average Bonchev–Trinajstić information content (AvgIpc) is 2.91. The van der Waals surface area contributed by atoms with Crippen LogP contribution < -0.4 is 14.3 Å². The van der Waals surface area contributed by atoms with Gasteiger partial charge >= 0.3 is 216 Å². The molecule has 0 aliphatic heterocycles. The van der Waals surface area contributed by atoms with E-state index in [4.69, 9.17) is 6.15 Å². The molecule has 0 heterocycles. The molecule has 0 aromatic heterocycles. The van der Waals surface area contributed by atoms with Crippen molar-refractivity contribution >= 4 is 66.6 Å². The van der Waals surface area contributed by atoms with Crippen molar-refractivity contribution in [3.05, 3.63) is 133 Å². The molecule has 0 amide bonds. The first-order valence-corrected chi connectivity index (χ1v) is 20.3. The number of carbonyl (C=O) groups is 2. The van der Waals surface area contributed by atoms with Gasteiger partial charge in [-0.3, -0.25) is 0 Å². The van der Waals surface area contributed by atoms with Crippen molar-refractivity contribution in [3.63, 3.8) is 0 Å². The summed E-state index contributed by atoms with van der Waals surface area (Å²) in [7, 11) is 0. The second-order valence-electron chi connectivity index (χ2n) is 7.61. The van der Waals surface area contributed by atoms with Gasteiger partial charge in [-0.1, -0.05) is 0 Å². The van der Waals surface area contributed by atoms with E-state index in [9.17, 15) is 9.59 Å². The van der Waals surface area contributed by atoms with Crippen LogP contribution in [-0.4, -0.2) is 52.3 Å². The maximum atomic E-state index is 12.7. The summed E-state index contributed by atoms with van der Waals surface area (Å²) in [5.74, 6) is -1.03. The van der Waals surface area contributed by atoms with Gasteiger partial charge in [-0.25, -0.2) is 0 Å². The van der Waals surface area contributed by atoms with Crippen LogP contribution in [0.5, 0.6) is 0 Å². The van der Waals surface area contributed by atoms with Gasteiger partial charge in [-0.15, -0.1) is 0 Å². The zero-order chi connectivity index (χ0) is 23.6. The van der Waals surface area contributed by atoms with Gasteiger partial charge in [0.2, 0.25) is 0 Å². The van der Waals surface area contributed by atoms with Crippen LogP contribution in [0.3, 0.4) is 0 Å². The number of hydrogen-bond donors (Lipinski definition) is 0. The van der Waals surface area contributed by atoms with Crippen molar-refractivity contribution in [2.24, 2.45) is 0 Å². The summed E-state index contributed by atoms with van der Waals surface area (Å²) >= 11 is -6.18. The Hall–Kier alpha value is -2.84. The SMILES string of the molecule is O=C(/C=C\C(=O)[O][SnH]([c]1ccccc1)[c]1ccccc1)[O][SnH]([c]1ccccc1)[c]1ccccc1. The fourth-order valence-corrected chi connectivity index (χ4v) is 15.7. The number of benzene rings is 4. The van der Waals surface area contributed by atoms with Crippen LogP contribution in [0.4, 0.5) is 0 Å². The summed E-state index contributed by atoms with van der Waals surface area (Å²) in [6.07, 6.45) is 2.38. The van der Waals surface area contributed by atoms with Gasteiger partial charge in [0.25, 0.3) is 0 Å². The predicted octanol–water partition coefficient (Wildman–Crippen LogP) is 1.71. The van der Waals surface area contributed by atoms with E-state index in [1.165, 1.54) is 12.2 Å². The second-order valence-corrected chi connectivity index (χ2v) is 20.9. The van der Waals surface area contributed by atoms with E-state index in [1.54, 1.807) is 0 Å². The van der Waals surface area contributed by atoms with Crippen LogP contribution in [0.15, 0.2) is 133 Å². The molecule has 4 rings (SSSR count). The molecule has 0 N–H and O–H groups in total. The molecule has 34 heavy (non-hydrogen) atoms. The first kappa shape index (κ1) is 24.3. The summed E-state index contributed by atoms with van der Waals surface area (Å²) in [6.45, 7) is 0. The van der Waals surface area contributed by atoms with Crippen LogP contribution in [0.1, 0.15) is 0 Å². The molecule has 0 saturated heterocycles. The van der Waals surface area contributed by atoms with Crippen LogP contribution in [0, 0.1) is 0 Å². The fraction of sp³-hybridized carbons (Fsp3) is 0. The Balaban J connectivity index is 1.47. The van der Waals surface area contributed by atoms with Crippen LogP contribution in [-0.2, 0) is 15.7 Å². The van der Waals surface area contributed by atoms with E-state index in [-0.39, 0.29) is 0 Å². The Kier molecular flexibility index (Phi) is 8.98. The molecule has 0 aliphatic carbocycles. The zero-order valence-corrected chi connectivity index (χ0v) is 25.1. The summed E-state index contributed by atoms with van der Waals surface area (Å²) in [5, 5.41) is 0. The van der Waals surface area contributed by atoms with Gasteiger partial charge in [0.05, 0.1) is 0 Å². The van der Waals surface area contributed by atoms with E-state index in [2.05, 4.69) is 0 Å². The third kappa shape index (κ3) is 6.83. The average molecular weight is 662 g/mol. The van der Waals surface area contributed by atoms with Crippen molar-refractivity contribution in [1.82, 2.24) is 0 Å². The van der Waals surface area contributed by atoms with Crippen molar-refractivity contribution in [2.75, 3.05) is 0 Å². The first-order valence-electron chi connectivity index (χ1n) is 11.0. The molecule has 0 radical (unpaired) electrons. The van der Waals surface area contributed by atoms with Gasteiger partial charge in [-0.05, 0) is 0 Å². The van der Waals surface area contributed by atoms with Gasteiger partial charge in [0.15, 0.2) is 0 Å². The topological polar surface area (TPSA) is 52.6 Å². The number of carbonyl (C=O) groups excluding carboxylic acids is 2. The molecule has 0 atom stereocenters. The van der Waals surface area contributed by atoms with Crippen molar-refractivity contribution in [3.8, 4) is 0 Å². The Labute approximate surface area is 214 Å². The Morgan fingerprint density at radius 3 is 0.912 bits per heavy atom. The van der Waals surface area contributed by atoms with E-state index in [1.807, 2.05) is 121 Å². The summed E-state index contributed by atoms with van der Waals surface area (Å²) in [5.41, 5.74) is 0. The summed E-state index contributed by atoms with van der Waals surface area (Å²) < 4.78 is 16.1. The zero-order valence-electron chi connectivity index (χ0n) is 18.5. The minimum absolute atomic E-state index is 0.517.